The van der Waals surface area contributed by atoms with Crippen LogP contribution in [-0.4, -0.2) is 4.57 Å². The molecule has 0 amide bonds. The minimum Gasteiger partial charge on any atom is -0.481 e. The third-order valence-electron chi connectivity index (χ3n) is 12.6. The largest absolute Gasteiger partial charge is 0.481 e. The highest BCUT2D eigenvalue weighted by molar-refractivity contribution is 7.31. The monoisotopic (exact) mass is 861 g/mol. The first kappa shape index (κ1) is 45.3. The van der Waals surface area contributed by atoms with Crippen molar-refractivity contribution in [1.29, 1.82) is 0 Å². The van der Waals surface area contributed by atoms with Crippen LogP contribution in [0.3, 0.4) is 0 Å². The summed E-state index contributed by atoms with van der Waals surface area (Å²) in [7, 11) is 0. The predicted octanol–water partition coefficient (Wildman–Crippen LogP) is 16.5. The molecule has 5 aromatic rings. The van der Waals surface area contributed by atoms with Gasteiger partial charge in [-0.25, -0.2) is 0 Å². The topological polar surface area (TPSA) is 48.3 Å². The molecule has 2 unspecified atom stereocenters. The van der Waals surface area contributed by atoms with Crippen LogP contribution >= 0.6 is 45.3 Å². The molecule has 0 aliphatic carbocycles. The van der Waals surface area contributed by atoms with Gasteiger partial charge in [0, 0.05) is 37.7 Å². The second-order valence-corrected chi connectivity index (χ2v) is 23.6. The molecular weight excluding hydrogens is 791 g/mol. The van der Waals surface area contributed by atoms with Crippen molar-refractivity contribution in [2.24, 2.45) is 11.8 Å². The molecule has 0 saturated carbocycles. The van der Waals surface area contributed by atoms with E-state index in [9.17, 15) is 9.59 Å². The normalized spacial score (nSPS) is 16.8. The molecule has 0 fully saturated rings. The fourth-order valence-corrected chi connectivity index (χ4v) is 14.0. The highest BCUT2D eigenvalue weighted by Gasteiger charge is 2.46. The second-order valence-electron chi connectivity index (χ2n) is 19.4. The third kappa shape index (κ3) is 9.45. The molecule has 8 heteroatoms. The Kier molecular flexibility index (Phi) is 14.7. The number of nitrogens with zero attached hydrogens (tertiary/aromatic N) is 1. The lowest BCUT2D eigenvalue weighted by molar-refractivity contribution is 0.00799. The fourth-order valence-electron chi connectivity index (χ4n) is 8.86. The van der Waals surface area contributed by atoms with Gasteiger partial charge in [-0.3, -0.25) is 14.2 Å². The zero-order valence-electron chi connectivity index (χ0n) is 37.6. The van der Waals surface area contributed by atoms with E-state index in [1.54, 1.807) is 27.2 Å². The lowest BCUT2D eigenvalue weighted by Gasteiger charge is -2.42. The summed E-state index contributed by atoms with van der Waals surface area (Å²) in [4.78, 5) is 36.2. The van der Waals surface area contributed by atoms with Gasteiger partial charge in [0.25, 0.3) is 11.1 Å². The van der Waals surface area contributed by atoms with E-state index in [1.165, 1.54) is 82.9 Å². The van der Waals surface area contributed by atoms with Gasteiger partial charge in [-0.15, -0.1) is 45.3 Å². The summed E-state index contributed by atoms with van der Waals surface area (Å²) in [5.74, 6) is 2.21. The fraction of sp³-hybridized carbons (Fsp3) is 0.640. The van der Waals surface area contributed by atoms with Crippen LogP contribution in [0.5, 0.6) is 5.75 Å². The molecule has 0 aromatic carbocycles. The highest BCUT2D eigenvalue weighted by Crippen LogP contribution is 2.59. The van der Waals surface area contributed by atoms with E-state index in [2.05, 4.69) is 100 Å². The molecule has 1 aliphatic heterocycles. The maximum absolute atomic E-state index is 14.5. The van der Waals surface area contributed by atoms with Crippen molar-refractivity contribution in [3.63, 3.8) is 0 Å². The summed E-state index contributed by atoms with van der Waals surface area (Å²) in [5, 5.41) is 1.35. The Morgan fingerprint density at radius 3 is 1.71 bits per heavy atom. The first-order valence-corrected chi connectivity index (χ1v) is 26.0. The first-order chi connectivity index (χ1) is 27.6. The Hall–Kier alpha value is -2.26. The van der Waals surface area contributed by atoms with E-state index < -0.39 is 0 Å². The van der Waals surface area contributed by atoms with Crippen molar-refractivity contribution in [1.82, 2.24) is 4.57 Å². The number of ether oxygens (including phenoxy) is 1. The number of thiophene rings is 4. The van der Waals surface area contributed by atoms with Crippen LogP contribution in [0.2, 0.25) is 0 Å². The van der Waals surface area contributed by atoms with Crippen molar-refractivity contribution in [2.75, 3.05) is 0 Å². The van der Waals surface area contributed by atoms with Gasteiger partial charge in [-0.2, -0.15) is 0 Å². The number of unbranched alkanes of at least 4 members (excludes halogenated alkanes) is 6. The van der Waals surface area contributed by atoms with Crippen molar-refractivity contribution in [3.05, 3.63) is 60.3 Å². The van der Waals surface area contributed by atoms with Gasteiger partial charge in [0.05, 0.1) is 29.9 Å². The Morgan fingerprint density at radius 2 is 1.14 bits per heavy atom. The molecule has 0 spiro atoms. The highest BCUT2D eigenvalue weighted by atomic mass is 32.1. The van der Waals surface area contributed by atoms with Crippen LogP contribution in [0.1, 0.15) is 188 Å². The standard InChI is InChI=1S/C50H71NO3S4/c1-12-17-20-21-22-25-51-46(52)34-26-38(55-42(34)43-35(47(51)53)27-40(57-43)48(6,7)8)39-29-37-45(56-39)44-36(28-41(58-44)49(9,10)11)50(54-37,30-32(15-4)23-18-13-2)31-33(16-5)24-19-14-3/h26-29,32-33H,12-25,30-31H2,1-11H3. The Bertz CT molecular complexity index is 2270. The maximum Gasteiger partial charge on any atom is 0.262 e. The molecule has 1 aliphatic rings. The minimum absolute atomic E-state index is 0.0298. The number of hydrogen-bond acceptors (Lipinski definition) is 7. The number of fused-ring (bicyclic) bond motifs is 6. The van der Waals surface area contributed by atoms with E-state index in [-0.39, 0.29) is 27.5 Å². The van der Waals surface area contributed by atoms with E-state index in [4.69, 9.17) is 4.74 Å². The molecular formula is C50H71NO3S4. The lowest BCUT2D eigenvalue weighted by atomic mass is 9.73. The number of aromatic nitrogens is 1. The molecule has 4 nitrogen and oxygen atoms in total. The quantitative estimate of drug-likeness (QED) is 0.0777. The lowest BCUT2D eigenvalue weighted by Crippen LogP contribution is -2.39. The summed E-state index contributed by atoms with van der Waals surface area (Å²) < 4.78 is 11.1. The van der Waals surface area contributed by atoms with Crippen LogP contribution in [-0.2, 0) is 23.0 Å². The maximum atomic E-state index is 14.5. The second kappa shape index (κ2) is 18.8. The van der Waals surface area contributed by atoms with Crippen molar-refractivity contribution in [3.8, 4) is 25.3 Å². The molecule has 6 heterocycles. The van der Waals surface area contributed by atoms with Crippen LogP contribution in [0.15, 0.2) is 33.9 Å². The first-order valence-electron chi connectivity index (χ1n) is 22.7. The van der Waals surface area contributed by atoms with Gasteiger partial charge in [0.1, 0.15) is 11.4 Å². The van der Waals surface area contributed by atoms with Crippen molar-refractivity contribution in [2.45, 2.75) is 195 Å². The third-order valence-corrected chi connectivity index (χ3v) is 18.5. The van der Waals surface area contributed by atoms with Crippen LogP contribution in [0, 0.1) is 11.8 Å². The predicted molar refractivity (Wildman–Crippen MR) is 259 cm³/mol. The summed E-state index contributed by atoms with van der Waals surface area (Å²) in [5.41, 5.74) is 0.671. The van der Waals surface area contributed by atoms with E-state index in [0.29, 0.717) is 29.2 Å². The van der Waals surface area contributed by atoms with Gasteiger partial charge >= 0.3 is 0 Å². The Balaban J connectivity index is 1.53. The molecule has 2 atom stereocenters. The summed E-state index contributed by atoms with van der Waals surface area (Å²) >= 11 is 7.17. The van der Waals surface area contributed by atoms with Crippen LogP contribution in [0.4, 0.5) is 0 Å². The molecule has 58 heavy (non-hydrogen) atoms. The molecule has 0 bridgehead atoms. The molecule has 0 saturated heterocycles. The molecule has 0 N–H and O–H groups in total. The van der Waals surface area contributed by atoms with E-state index in [0.717, 1.165) is 63.4 Å². The Labute approximate surface area is 365 Å². The van der Waals surface area contributed by atoms with Gasteiger partial charge in [-0.05, 0) is 60.1 Å². The van der Waals surface area contributed by atoms with Crippen LogP contribution < -0.4 is 15.9 Å². The van der Waals surface area contributed by atoms with Crippen molar-refractivity contribution >= 4 is 65.5 Å². The SMILES string of the molecule is CCCCCCCn1c(=O)c2cc(-c3cc4c(s3)-c3sc(C(C)(C)C)cc3C(CC(CC)CCCC)(CC(CC)CCCC)O4)sc2c2sc(C(C)(C)C)cc2c1=O. The molecule has 318 valence electrons. The van der Waals surface area contributed by atoms with Gasteiger partial charge in [0.15, 0.2) is 0 Å². The van der Waals surface area contributed by atoms with Gasteiger partial charge in [0.2, 0.25) is 0 Å². The Morgan fingerprint density at radius 1 is 0.603 bits per heavy atom. The zero-order chi connectivity index (χ0) is 42.0. The summed E-state index contributed by atoms with van der Waals surface area (Å²) in [6, 6.07) is 9.01. The average molecular weight is 862 g/mol. The zero-order valence-corrected chi connectivity index (χ0v) is 40.8. The van der Waals surface area contributed by atoms with Gasteiger partial charge in [-0.1, -0.05) is 153 Å². The van der Waals surface area contributed by atoms with E-state index >= 15 is 0 Å². The van der Waals surface area contributed by atoms with Crippen LogP contribution in [0.25, 0.3) is 39.7 Å². The number of rotatable bonds is 19. The summed E-state index contributed by atoms with van der Waals surface area (Å²) in [6.45, 7) is 25.7. The van der Waals surface area contributed by atoms with E-state index in [1.807, 2.05) is 22.7 Å². The van der Waals surface area contributed by atoms with Gasteiger partial charge < -0.3 is 4.74 Å². The van der Waals surface area contributed by atoms with Crippen molar-refractivity contribution < 1.29 is 4.74 Å². The summed E-state index contributed by atoms with van der Waals surface area (Å²) in [6.07, 6.45) is 17.2. The average Bonchev–Trinajstić information content (AvgIpc) is 3.99. The number of hydrogen-bond donors (Lipinski definition) is 0. The molecule has 0 radical (unpaired) electrons. The minimum atomic E-state index is -0.376. The molecule has 5 aromatic heterocycles. The smallest absolute Gasteiger partial charge is 0.262 e. The molecule has 6 rings (SSSR count).